The van der Waals surface area contributed by atoms with Gasteiger partial charge in [0.15, 0.2) is 0 Å². The van der Waals surface area contributed by atoms with E-state index < -0.39 is 0 Å². The first-order valence-electron chi connectivity index (χ1n) is 10.5. The van der Waals surface area contributed by atoms with Gasteiger partial charge in [-0.25, -0.2) is 4.79 Å². The van der Waals surface area contributed by atoms with Gasteiger partial charge in [-0.3, -0.25) is 14.5 Å². The summed E-state index contributed by atoms with van der Waals surface area (Å²) in [5.74, 6) is 0. The van der Waals surface area contributed by atoms with Crippen LogP contribution in [0, 0.1) is 5.41 Å². The number of hydrogen-bond acceptors (Lipinski definition) is 5. The molecule has 3 aromatic heterocycles. The zero-order valence-corrected chi connectivity index (χ0v) is 18.0. The summed E-state index contributed by atoms with van der Waals surface area (Å²) >= 11 is 0. The Kier molecular flexibility index (Phi) is 4.87. The average Bonchev–Trinajstić information content (AvgIpc) is 3.10. The highest BCUT2D eigenvalue weighted by atomic mass is 16.5. The number of aromatic nitrogens is 4. The Morgan fingerprint density at radius 1 is 1.19 bits per heavy atom. The van der Waals surface area contributed by atoms with Gasteiger partial charge < -0.3 is 14.5 Å². The minimum atomic E-state index is -0.147. The molecule has 1 fully saturated rings. The van der Waals surface area contributed by atoms with E-state index >= 15 is 0 Å². The van der Waals surface area contributed by atoms with Gasteiger partial charge in [0.05, 0.1) is 41.7 Å². The van der Waals surface area contributed by atoms with E-state index in [4.69, 9.17) is 9.47 Å². The highest BCUT2D eigenvalue weighted by Gasteiger charge is 2.36. The van der Waals surface area contributed by atoms with Gasteiger partial charge in [-0.15, -0.1) is 0 Å². The molecule has 1 saturated heterocycles. The second kappa shape index (κ2) is 7.59. The van der Waals surface area contributed by atoms with Gasteiger partial charge in [0.25, 0.3) is 0 Å². The first-order valence-corrected chi connectivity index (χ1v) is 10.5. The van der Waals surface area contributed by atoms with E-state index in [0.29, 0.717) is 19.8 Å². The summed E-state index contributed by atoms with van der Waals surface area (Å²) in [6.07, 6.45) is 4.41. The van der Waals surface area contributed by atoms with Gasteiger partial charge in [0.1, 0.15) is 0 Å². The van der Waals surface area contributed by atoms with Crippen LogP contribution in [0.2, 0.25) is 0 Å². The van der Waals surface area contributed by atoms with Gasteiger partial charge in [0, 0.05) is 42.3 Å². The largest absolute Gasteiger partial charge is 0.381 e. The van der Waals surface area contributed by atoms with Crippen molar-refractivity contribution in [3.63, 3.8) is 0 Å². The fraction of sp³-hybridized carbons (Fsp3) is 0.375. The van der Waals surface area contributed by atoms with Crippen molar-refractivity contribution in [2.24, 2.45) is 5.41 Å². The van der Waals surface area contributed by atoms with E-state index in [1.807, 2.05) is 35.0 Å². The number of hydrogen-bond donors (Lipinski definition) is 1. The number of rotatable bonds is 4. The second-order valence-electron chi connectivity index (χ2n) is 8.87. The molecule has 1 atom stereocenters. The average molecular weight is 418 g/mol. The van der Waals surface area contributed by atoms with Crippen molar-refractivity contribution in [2.75, 3.05) is 20.3 Å². The Morgan fingerprint density at radius 2 is 2.03 bits per heavy atom. The van der Waals surface area contributed by atoms with Crippen molar-refractivity contribution in [3.05, 3.63) is 58.9 Å². The molecular weight excluding hydrogens is 392 g/mol. The Labute approximate surface area is 180 Å². The number of H-pyrrole nitrogens is 1. The van der Waals surface area contributed by atoms with Crippen molar-refractivity contribution in [2.45, 2.75) is 32.9 Å². The number of ether oxygens (including phenoxy) is 2. The summed E-state index contributed by atoms with van der Waals surface area (Å²) in [4.78, 5) is 25.1. The molecule has 0 saturated carbocycles. The molecule has 7 heteroatoms. The number of fused-ring (bicyclic) bond motifs is 3. The number of nitrogens with zero attached hydrogens (tertiary/aromatic N) is 3. The van der Waals surface area contributed by atoms with Crippen molar-refractivity contribution < 1.29 is 9.47 Å². The van der Waals surface area contributed by atoms with E-state index in [1.54, 1.807) is 13.3 Å². The van der Waals surface area contributed by atoms with Crippen molar-refractivity contribution in [3.8, 4) is 11.1 Å². The summed E-state index contributed by atoms with van der Waals surface area (Å²) < 4.78 is 12.8. The van der Waals surface area contributed by atoms with Crippen LogP contribution in [0.3, 0.4) is 0 Å². The summed E-state index contributed by atoms with van der Waals surface area (Å²) in [5.41, 5.74) is 5.20. The lowest BCUT2D eigenvalue weighted by Gasteiger charge is -2.39. The molecule has 7 nitrogen and oxygen atoms in total. The first-order chi connectivity index (χ1) is 15.0. The number of benzene rings is 1. The maximum atomic E-state index is 13.0. The summed E-state index contributed by atoms with van der Waals surface area (Å²) in [7, 11) is 1.66. The van der Waals surface area contributed by atoms with Crippen LogP contribution < -0.4 is 5.69 Å². The number of methoxy groups -OCH3 is 1. The molecule has 1 aliphatic heterocycles. The third-order valence-electron chi connectivity index (χ3n) is 6.21. The summed E-state index contributed by atoms with van der Waals surface area (Å²) in [6, 6.07) is 10.2. The van der Waals surface area contributed by atoms with Gasteiger partial charge in [-0.1, -0.05) is 26.0 Å². The zero-order chi connectivity index (χ0) is 21.6. The highest BCUT2D eigenvalue weighted by Crippen LogP contribution is 2.39. The molecule has 31 heavy (non-hydrogen) atoms. The first kappa shape index (κ1) is 19.9. The Hall–Kier alpha value is -3.03. The summed E-state index contributed by atoms with van der Waals surface area (Å²) in [6.45, 7) is 6.08. The molecule has 4 heterocycles. The number of imidazole rings is 1. The third kappa shape index (κ3) is 3.43. The quantitative estimate of drug-likeness (QED) is 0.540. The molecular formula is C24H26N4O3. The second-order valence-corrected chi connectivity index (χ2v) is 8.87. The van der Waals surface area contributed by atoms with Crippen LogP contribution in [0.5, 0.6) is 0 Å². The van der Waals surface area contributed by atoms with Gasteiger partial charge in [-0.05, 0) is 30.2 Å². The number of pyridine rings is 2. The van der Waals surface area contributed by atoms with Crippen LogP contribution in [-0.4, -0.2) is 39.8 Å². The third-order valence-corrected chi connectivity index (χ3v) is 6.21. The van der Waals surface area contributed by atoms with Gasteiger partial charge >= 0.3 is 5.69 Å². The Balaban J connectivity index is 1.70. The highest BCUT2D eigenvalue weighted by molar-refractivity contribution is 6.03. The van der Waals surface area contributed by atoms with Crippen molar-refractivity contribution >= 4 is 21.9 Å². The van der Waals surface area contributed by atoms with Crippen LogP contribution in [-0.2, 0) is 16.1 Å². The van der Waals surface area contributed by atoms with E-state index in [1.165, 1.54) is 0 Å². The van der Waals surface area contributed by atoms with Crippen LogP contribution in [0.25, 0.3) is 33.1 Å². The fourth-order valence-electron chi connectivity index (χ4n) is 4.61. The van der Waals surface area contributed by atoms with E-state index in [2.05, 4.69) is 34.9 Å². The molecule has 0 radical (unpaired) electrons. The molecule has 1 aliphatic rings. The predicted octanol–water partition coefficient (Wildman–Crippen LogP) is 4.07. The van der Waals surface area contributed by atoms with Crippen LogP contribution in [0.4, 0.5) is 0 Å². The lowest BCUT2D eigenvalue weighted by molar-refractivity contribution is -0.0251. The standard InChI is InChI=1S/C24H26N4O3/c1-24(2)14-31-9-8-21(24)28-22-18-10-15(16-4-6-17(13-30-3)25-11-16)5-7-19(18)26-12-20(22)27-23(28)29/h4-7,10-12,21H,8-9,13-14H2,1-3H3,(H,27,29). The monoisotopic (exact) mass is 418 g/mol. The normalized spacial score (nSPS) is 18.6. The van der Waals surface area contributed by atoms with Gasteiger partial charge in [-0.2, -0.15) is 0 Å². The topological polar surface area (TPSA) is 82.0 Å². The molecule has 1 N–H and O–H groups in total. The maximum absolute atomic E-state index is 13.0. The van der Waals surface area contributed by atoms with Crippen LogP contribution in [0.1, 0.15) is 32.0 Å². The molecule has 5 rings (SSSR count). The van der Waals surface area contributed by atoms with E-state index in [-0.39, 0.29) is 17.1 Å². The lowest BCUT2D eigenvalue weighted by atomic mass is 9.81. The maximum Gasteiger partial charge on any atom is 0.326 e. The number of nitrogens with one attached hydrogen (secondary N) is 1. The Morgan fingerprint density at radius 3 is 2.77 bits per heavy atom. The summed E-state index contributed by atoms with van der Waals surface area (Å²) in [5, 5.41) is 0.955. The lowest BCUT2D eigenvalue weighted by Crippen LogP contribution is -2.40. The molecule has 1 aromatic carbocycles. The molecule has 0 bridgehead atoms. The van der Waals surface area contributed by atoms with Crippen LogP contribution in [0.15, 0.2) is 47.5 Å². The zero-order valence-electron chi connectivity index (χ0n) is 18.0. The SMILES string of the molecule is COCc1ccc(-c2ccc3ncc4[nH]c(=O)n(C5CCOCC5(C)C)c4c3c2)cn1. The Bertz CT molecular complexity index is 1300. The van der Waals surface area contributed by atoms with E-state index in [0.717, 1.165) is 45.2 Å². The van der Waals surface area contributed by atoms with Gasteiger partial charge in [0.2, 0.25) is 0 Å². The van der Waals surface area contributed by atoms with Crippen LogP contribution >= 0.6 is 0 Å². The minimum absolute atomic E-state index is 0.0479. The smallest absolute Gasteiger partial charge is 0.326 e. The molecule has 1 unspecified atom stereocenters. The molecule has 0 aliphatic carbocycles. The fourth-order valence-corrected chi connectivity index (χ4v) is 4.61. The molecule has 0 spiro atoms. The predicted molar refractivity (Wildman–Crippen MR) is 120 cm³/mol. The molecule has 4 aromatic rings. The minimum Gasteiger partial charge on any atom is -0.381 e. The van der Waals surface area contributed by atoms with E-state index in [9.17, 15) is 4.79 Å². The molecule has 0 amide bonds. The van der Waals surface area contributed by atoms with Crippen molar-refractivity contribution in [1.29, 1.82) is 0 Å². The molecule has 160 valence electrons. The number of aromatic amines is 1. The van der Waals surface area contributed by atoms with Crippen molar-refractivity contribution in [1.82, 2.24) is 19.5 Å².